The van der Waals surface area contributed by atoms with E-state index in [1.165, 1.54) is 12.8 Å². The molecule has 0 amide bonds. The van der Waals surface area contributed by atoms with Gasteiger partial charge in [0.2, 0.25) is 0 Å². The minimum absolute atomic E-state index is 0.0571. The number of nitrogens with one attached hydrogen (secondary N) is 2. The zero-order valence-electron chi connectivity index (χ0n) is 13.2. The number of aromatic amines is 1. The average Bonchev–Trinajstić information content (AvgIpc) is 3.18. The molecule has 0 bridgehead atoms. The van der Waals surface area contributed by atoms with Crippen LogP contribution in [-0.4, -0.2) is 32.8 Å². The van der Waals surface area contributed by atoms with E-state index >= 15 is 0 Å². The lowest BCUT2D eigenvalue weighted by Gasteiger charge is -2.13. The minimum atomic E-state index is -0.0571. The first-order valence-corrected chi connectivity index (χ1v) is 8.32. The van der Waals surface area contributed by atoms with Crippen LogP contribution in [0.25, 0.3) is 11.0 Å². The summed E-state index contributed by atoms with van der Waals surface area (Å²) >= 11 is 0. The number of hydrogen-bond donors (Lipinski definition) is 2. The van der Waals surface area contributed by atoms with Crippen LogP contribution in [0, 0.1) is 5.92 Å². The molecule has 6 nitrogen and oxygen atoms in total. The molecule has 0 spiro atoms. The molecule has 118 valence electrons. The number of H-pyrrole nitrogens is 1. The Labute approximate surface area is 129 Å². The van der Waals surface area contributed by atoms with Crippen molar-refractivity contribution in [3.8, 4) is 0 Å². The second-order valence-corrected chi connectivity index (χ2v) is 6.88. The van der Waals surface area contributed by atoms with Gasteiger partial charge in [0.1, 0.15) is 11.3 Å². The van der Waals surface area contributed by atoms with Gasteiger partial charge >= 0.3 is 0 Å². The van der Waals surface area contributed by atoms with E-state index in [1.807, 2.05) is 7.05 Å². The normalized spacial score (nSPS) is 26.3. The Kier molecular flexibility index (Phi) is 3.29. The summed E-state index contributed by atoms with van der Waals surface area (Å²) in [5.74, 6) is 2.06. The predicted octanol–water partition coefficient (Wildman–Crippen LogP) is 1.64. The summed E-state index contributed by atoms with van der Waals surface area (Å²) < 4.78 is 1.70. The van der Waals surface area contributed by atoms with Crippen molar-refractivity contribution in [3.05, 3.63) is 21.9 Å². The summed E-state index contributed by atoms with van der Waals surface area (Å²) in [4.78, 5) is 20.4. The highest BCUT2D eigenvalue weighted by Crippen LogP contribution is 2.36. The molecule has 2 unspecified atom stereocenters. The Bertz CT molecular complexity index is 756. The number of aryl methyl sites for hydroxylation is 1. The Hall–Kier alpha value is -1.69. The van der Waals surface area contributed by atoms with Crippen molar-refractivity contribution in [3.63, 3.8) is 0 Å². The third kappa shape index (κ3) is 2.08. The minimum Gasteiger partial charge on any atom is -0.316 e. The van der Waals surface area contributed by atoms with Crippen LogP contribution in [0.15, 0.2) is 4.79 Å². The fourth-order valence-electron chi connectivity index (χ4n) is 4.05. The molecule has 2 N–H and O–H groups in total. The zero-order chi connectivity index (χ0) is 15.3. The van der Waals surface area contributed by atoms with E-state index in [9.17, 15) is 4.79 Å². The molecule has 2 aromatic rings. The van der Waals surface area contributed by atoms with Gasteiger partial charge in [-0.3, -0.25) is 9.48 Å². The van der Waals surface area contributed by atoms with Gasteiger partial charge in [0.05, 0.1) is 5.69 Å². The van der Waals surface area contributed by atoms with Crippen LogP contribution in [0.3, 0.4) is 0 Å². The van der Waals surface area contributed by atoms with Gasteiger partial charge in [0.25, 0.3) is 5.56 Å². The summed E-state index contributed by atoms with van der Waals surface area (Å²) in [6.45, 7) is 4.07. The molecule has 2 atom stereocenters. The van der Waals surface area contributed by atoms with Crippen molar-refractivity contribution < 1.29 is 0 Å². The summed E-state index contributed by atoms with van der Waals surface area (Å²) in [5, 5.41) is 8.02. The van der Waals surface area contributed by atoms with E-state index in [1.54, 1.807) is 4.68 Å². The molecule has 2 aliphatic rings. The van der Waals surface area contributed by atoms with Crippen LogP contribution >= 0.6 is 0 Å². The molecule has 1 saturated carbocycles. The molecular weight excluding hydrogens is 278 g/mol. The Morgan fingerprint density at radius 2 is 2.00 bits per heavy atom. The monoisotopic (exact) mass is 301 g/mol. The molecule has 0 radical (unpaired) electrons. The Morgan fingerprint density at radius 1 is 1.23 bits per heavy atom. The van der Waals surface area contributed by atoms with Gasteiger partial charge in [-0.1, -0.05) is 19.8 Å². The SMILES string of the molecule is CC1CNCC1c1nc2c(C3CCCC3)nn(C)c2c(=O)[nH]1. The lowest BCUT2D eigenvalue weighted by Crippen LogP contribution is -2.19. The zero-order valence-corrected chi connectivity index (χ0v) is 13.2. The van der Waals surface area contributed by atoms with E-state index in [-0.39, 0.29) is 11.5 Å². The number of aromatic nitrogens is 4. The smallest absolute Gasteiger partial charge is 0.277 e. The lowest BCUT2D eigenvalue weighted by molar-refractivity contribution is 0.546. The van der Waals surface area contributed by atoms with Crippen molar-refractivity contribution in [2.24, 2.45) is 13.0 Å². The van der Waals surface area contributed by atoms with Gasteiger partial charge in [0, 0.05) is 25.4 Å². The lowest BCUT2D eigenvalue weighted by atomic mass is 9.97. The van der Waals surface area contributed by atoms with Crippen molar-refractivity contribution >= 4 is 11.0 Å². The van der Waals surface area contributed by atoms with Gasteiger partial charge < -0.3 is 10.3 Å². The largest absolute Gasteiger partial charge is 0.316 e. The van der Waals surface area contributed by atoms with Gasteiger partial charge in [-0.05, 0) is 25.3 Å². The van der Waals surface area contributed by atoms with Gasteiger partial charge in [-0.15, -0.1) is 0 Å². The summed E-state index contributed by atoms with van der Waals surface area (Å²) in [5.41, 5.74) is 2.41. The molecule has 4 rings (SSSR count). The third-order valence-corrected chi connectivity index (χ3v) is 5.35. The van der Waals surface area contributed by atoms with Crippen LogP contribution in [-0.2, 0) is 7.05 Å². The fourth-order valence-corrected chi connectivity index (χ4v) is 4.05. The highest BCUT2D eigenvalue weighted by molar-refractivity contribution is 5.77. The van der Waals surface area contributed by atoms with Gasteiger partial charge in [-0.2, -0.15) is 5.10 Å². The Morgan fingerprint density at radius 3 is 2.68 bits per heavy atom. The second kappa shape index (κ2) is 5.19. The van der Waals surface area contributed by atoms with Crippen molar-refractivity contribution in [1.82, 2.24) is 25.1 Å². The second-order valence-electron chi connectivity index (χ2n) is 6.88. The highest BCUT2D eigenvalue weighted by Gasteiger charge is 2.30. The van der Waals surface area contributed by atoms with Crippen LogP contribution < -0.4 is 10.9 Å². The van der Waals surface area contributed by atoms with E-state index in [2.05, 4.69) is 22.3 Å². The highest BCUT2D eigenvalue weighted by atomic mass is 16.1. The third-order valence-electron chi connectivity index (χ3n) is 5.35. The molecule has 6 heteroatoms. The van der Waals surface area contributed by atoms with E-state index in [0.29, 0.717) is 17.4 Å². The number of rotatable bonds is 2. The number of fused-ring (bicyclic) bond motifs is 1. The maximum absolute atomic E-state index is 12.5. The molecule has 2 aromatic heterocycles. The quantitative estimate of drug-likeness (QED) is 0.884. The molecule has 3 heterocycles. The first-order valence-electron chi connectivity index (χ1n) is 8.32. The van der Waals surface area contributed by atoms with Crippen molar-refractivity contribution in [1.29, 1.82) is 0 Å². The average molecular weight is 301 g/mol. The molecule has 22 heavy (non-hydrogen) atoms. The van der Waals surface area contributed by atoms with E-state index < -0.39 is 0 Å². The topological polar surface area (TPSA) is 75.6 Å². The van der Waals surface area contributed by atoms with Crippen LogP contribution in [0.4, 0.5) is 0 Å². The van der Waals surface area contributed by atoms with Gasteiger partial charge in [-0.25, -0.2) is 4.98 Å². The molecule has 1 saturated heterocycles. The summed E-state index contributed by atoms with van der Waals surface area (Å²) in [7, 11) is 1.84. The van der Waals surface area contributed by atoms with Crippen molar-refractivity contribution in [2.75, 3.05) is 13.1 Å². The molecule has 1 aliphatic heterocycles. The predicted molar refractivity (Wildman–Crippen MR) is 85.1 cm³/mol. The number of hydrogen-bond acceptors (Lipinski definition) is 4. The first kappa shape index (κ1) is 13.9. The summed E-state index contributed by atoms with van der Waals surface area (Å²) in [6, 6.07) is 0. The van der Waals surface area contributed by atoms with Crippen LogP contribution in [0.5, 0.6) is 0 Å². The van der Waals surface area contributed by atoms with Crippen LogP contribution in [0.2, 0.25) is 0 Å². The number of nitrogens with zero attached hydrogens (tertiary/aromatic N) is 3. The van der Waals surface area contributed by atoms with E-state index in [0.717, 1.165) is 43.0 Å². The van der Waals surface area contributed by atoms with E-state index in [4.69, 9.17) is 4.98 Å². The standard InChI is InChI=1S/C16H23N5O/c1-9-7-17-8-11(9)15-18-13-12(10-5-3-4-6-10)20-21(2)14(13)16(22)19-15/h9-11,17H,3-8H2,1-2H3,(H,18,19,22). The molecule has 2 fully saturated rings. The maximum Gasteiger partial charge on any atom is 0.277 e. The Balaban J connectivity index is 1.87. The summed E-state index contributed by atoms with van der Waals surface area (Å²) in [6.07, 6.45) is 4.83. The first-order chi connectivity index (χ1) is 10.6. The van der Waals surface area contributed by atoms with Crippen LogP contribution in [0.1, 0.15) is 56.0 Å². The fraction of sp³-hybridized carbons (Fsp3) is 0.688. The molecular formula is C16H23N5O. The maximum atomic E-state index is 12.5. The molecule has 1 aliphatic carbocycles. The van der Waals surface area contributed by atoms with Crippen molar-refractivity contribution in [2.45, 2.75) is 44.4 Å². The molecule has 0 aromatic carbocycles. The van der Waals surface area contributed by atoms with Gasteiger partial charge in [0.15, 0.2) is 5.52 Å².